The molecule has 32 heavy (non-hydrogen) atoms. The molecule has 0 unspecified atom stereocenters. The van der Waals surface area contributed by atoms with Crippen LogP contribution in [-0.4, -0.2) is 24.2 Å². The lowest BCUT2D eigenvalue weighted by Crippen LogP contribution is -2.20. The van der Waals surface area contributed by atoms with Gasteiger partial charge in [-0.1, -0.05) is 46.9 Å². The second kappa shape index (κ2) is 10.5. The summed E-state index contributed by atoms with van der Waals surface area (Å²) in [6.45, 7) is 0.0558. The number of nitrogens with zero attached hydrogens (tertiary/aromatic N) is 2. The number of halogens is 4. The predicted octanol–water partition coefficient (Wildman–Crippen LogP) is 5.11. The van der Waals surface area contributed by atoms with Gasteiger partial charge in [0.1, 0.15) is 17.4 Å². The highest BCUT2D eigenvalue weighted by atomic mass is 35.5. The zero-order valence-electron chi connectivity index (χ0n) is 16.5. The molecule has 1 aromatic heterocycles. The van der Waals surface area contributed by atoms with E-state index in [4.69, 9.17) is 50.0 Å². The Hall–Kier alpha value is -3.07. The summed E-state index contributed by atoms with van der Waals surface area (Å²) in [6.07, 6.45) is 1.39. The van der Waals surface area contributed by atoms with E-state index in [9.17, 15) is 9.18 Å². The highest BCUT2D eigenvalue weighted by Crippen LogP contribution is 2.34. The number of hydrogen-bond acceptors (Lipinski definition) is 6. The molecule has 3 aromatic rings. The van der Waals surface area contributed by atoms with E-state index in [0.29, 0.717) is 16.9 Å². The Balaban J connectivity index is 1.73. The van der Waals surface area contributed by atoms with Gasteiger partial charge in [0.2, 0.25) is 0 Å². The lowest BCUT2D eigenvalue weighted by molar-refractivity contribution is 0.0950. The highest BCUT2D eigenvalue weighted by Gasteiger charge is 2.19. The first-order chi connectivity index (χ1) is 15.3. The van der Waals surface area contributed by atoms with Crippen molar-refractivity contribution < 1.29 is 18.7 Å². The first-order valence-corrected chi connectivity index (χ1v) is 10.1. The summed E-state index contributed by atoms with van der Waals surface area (Å²) in [6, 6.07) is 11.2. The third-order valence-electron chi connectivity index (χ3n) is 4.19. The molecule has 0 aliphatic rings. The second-order valence-corrected chi connectivity index (χ2v) is 7.40. The van der Waals surface area contributed by atoms with Crippen LogP contribution in [0.3, 0.4) is 0 Å². The minimum absolute atomic E-state index is 0.0416. The lowest BCUT2D eigenvalue weighted by Gasteiger charge is -2.11. The second-order valence-electron chi connectivity index (χ2n) is 6.28. The molecule has 1 amide bonds. The van der Waals surface area contributed by atoms with Gasteiger partial charge in [-0.05, 0) is 35.9 Å². The number of nitrogens with one attached hydrogen (secondary N) is 1. The van der Waals surface area contributed by atoms with Crippen LogP contribution in [0, 0.1) is 5.82 Å². The fourth-order valence-electron chi connectivity index (χ4n) is 2.61. The van der Waals surface area contributed by atoms with Crippen LogP contribution in [0.15, 0.2) is 47.6 Å². The molecule has 2 aromatic carbocycles. The molecule has 0 bridgehead atoms. The van der Waals surface area contributed by atoms with Gasteiger partial charge in [-0.2, -0.15) is 5.10 Å². The van der Waals surface area contributed by atoms with Crippen LogP contribution in [0.25, 0.3) is 0 Å². The Morgan fingerprint density at radius 3 is 2.66 bits per heavy atom. The third-order valence-corrected chi connectivity index (χ3v) is 5.33. The number of hydrogen-bond donors (Lipinski definition) is 2. The van der Waals surface area contributed by atoms with Gasteiger partial charge in [-0.15, -0.1) is 0 Å². The quantitative estimate of drug-likeness (QED) is 0.268. The van der Waals surface area contributed by atoms with Gasteiger partial charge < -0.3 is 15.2 Å². The molecule has 3 rings (SSSR count). The summed E-state index contributed by atoms with van der Waals surface area (Å²) in [5, 5.41) is 3.56. The van der Waals surface area contributed by atoms with Gasteiger partial charge in [0.15, 0.2) is 22.4 Å². The van der Waals surface area contributed by atoms with Crippen molar-refractivity contribution in [3.63, 3.8) is 0 Å². The summed E-state index contributed by atoms with van der Waals surface area (Å²) in [4.78, 5) is 16.2. The van der Waals surface area contributed by atoms with Crippen molar-refractivity contribution in [3.8, 4) is 11.5 Å². The number of amides is 1. The number of anilines is 1. The molecule has 166 valence electrons. The van der Waals surface area contributed by atoms with Crippen molar-refractivity contribution >= 4 is 52.6 Å². The van der Waals surface area contributed by atoms with Crippen molar-refractivity contribution in [1.29, 1.82) is 0 Å². The molecule has 7 nitrogen and oxygen atoms in total. The number of nitrogens with two attached hydrogens (primary N) is 1. The molecule has 0 aliphatic heterocycles. The number of benzene rings is 2. The Morgan fingerprint density at radius 2 is 1.94 bits per heavy atom. The lowest BCUT2D eigenvalue weighted by atomic mass is 10.1. The van der Waals surface area contributed by atoms with Crippen LogP contribution >= 0.6 is 34.8 Å². The Morgan fingerprint density at radius 1 is 1.19 bits per heavy atom. The van der Waals surface area contributed by atoms with Crippen molar-refractivity contribution in [1.82, 2.24) is 10.4 Å². The molecule has 0 radical (unpaired) electrons. The standard InChI is InChI=1S/C21H16Cl3FN4O3/c1-31-14-7-6-11(8-12(14)10-32-15-5-3-2-4-13(15)25)9-27-29-21(30)19-16(22)18(26)17(23)20(24)28-19/h2-9H,10H2,1H3,(H2,26,28)(H,29,30)/b27-9-. The van der Waals surface area contributed by atoms with Crippen LogP contribution < -0.4 is 20.6 Å². The monoisotopic (exact) mass is 496 g/mol. The van der Waals surface area contributed by atoms with E-state index in [1.807, 2.05) is 0 Å². The smallest absolute Gasteiger partial charge is 0.291 e. The summed E-state index contributed by atoms with van der Waals surface area (Å²) >= 11 is 17.7. The number of hydrazone groups is 1. The van der Waals surface area contributed by atoms with E-state index in [-0.39, 0.29) is 38.9 Å². The zero-order valence-corrected chi connectivity index (χ0v) is 18.8. The van der Waals surface area contributed by atoms with Crippen LogP contribution in [0.2, 0.25) is 15.2 Å². The van der Waals surface area contributed by atoms with E-state index in [1.165, 1.54) is 25.5 Å². The summed E-state index contributed by atoms with van der Waals surface area (Å²) < 4.78 is 24.6. The molecule has 0 aliphatic carbocycles. The maximum absolute atomic E-state index is 13.8. The fourth-order valence-corrected chi connectivity index (χ4v) is 3.20. The Kier molecular flexibility index (Phi) is 7.74. The number of aromatic nitrogens is 1. The molecule has 3 N–H and O–H groups in total. The highest BCUT2D eigenvalue weighted by molar-refractivity contribution is 6.46. The number of carbonyl (C=O) groups is 1. The van der Waals surface area contributed by atoms with Crippen molar-refractivity contribution in [2.75, 3.05) is 12.8 Å². The summed E-state index contributed by atoms with van der Waals surface area (Å²) in [5.41, 5.74) is 8.99. The maximum Gasteiger partial charge on any atom is 0.291 e. The van der Waals surface area contributed by atoms with E-state index in [0.717, 1.165) is 0 Å². The molecular formula is C21H16Cl3FN4O3. The first-order valence-electron chi connectivity index (χ1n) is 8.99. The summed E-state index contributed by atoms with van der Waals surface area (Å²) in [5.74, 6) is -0.536. The number of para-hydroxylation sites is 1. The molecule has 11 heteroatoms. The largest absolute Gasteiger partial charge is 0.496 e. The van der Waals surface area contributed by atoms with E-state index >= 15 is 0 Å². The number of methoxy groups -OCH3 is 1. The van der Waals surface area contributed by atoms with Gasteiger partial charge in [0.05, 0.1) is 24.0 Å². The number of rotatable bonds is 7. The van der Waals surface area contributed by atoms with Crippen LogP contribution in [-0.2, 0) is 6.61 Å². The number of ether oxygens (including phenoxy) is 2. The molecule has 1 heterocycles. The number of carbonyl (C=O) groups excluding carboxylic acids is 1. The summed E-state index contributed by atoms with van der Waals surface area (Å²) in [7, 11) is 1.51. The van der Waals surface area contributed by atoms with Gasteiger partial charge >= 0.3 is 0 Å². The average Bonchev–Trinajstić information content (AvgIpc) is 2.79. The van der Waals surface area contributed by atoms with Gasteiger partial charge in [0, 0.05) is 5.56 Å². The Bertz CT molecular complexity index is 1190. The molecule has 0 spiro atoms. The van der Waals surface area contributed by atoms with Crippen LogP contribution in [0.4, 0.5) is 10.1 Å². The van der Waals surface area contributed by atoms with Crippen LogP contribution in [0.5, 0.6) is 11.5 Å². The van der Waals surface area contributed by atoms with Gasteiger partial charge in [-0.25, -0.2) is 14.8 Å². The van der Waals surface area contributed by atoms with Gasteiger partial charge in [0.25, 0.3) is 5.91 Å². The zero-order chi connectivity index (χ0) is 23.3. The number of pyridine rings is 1. The van der Waals surface area contributed by atoms with Crippen LogP contribution in [0.1, 0.15) is 21.6 Å². The SMILES string of the molecule is COc1ccc(/C=N\NC(=O)c2nc(Cl)c(Cl)c(N)c2Cl)cc1COc1ccccc1F. The minimum Gasteiger partial charge on any atom is -0.496 e. The minimum atomic E-state index is -0.729. The third kappa shape index (κ3) is 5.40. The van der Waals surface area contributed by atoms with Crippen molar-refractivity contribution in [2.45, 2.75) is 6.61 Å². The molecule has 0 fully saturated rings. The van der Waals surface area contributed by atoms with Crippen molar-refractivity contribution in [2.24, 2.45) is 5.10 Å². The fraction of sp³-hybridized carbons (Fsp3) is 0.0952. The number of nitrogen functional groups attached to an aromatic ring is 1. The average molecular weight is 498 g/mol. The first kappa shape index (κ1) is 23.6. The van der Waals surface area contributed by atoms with E-state index in [1.54, 1.807) is 30.3 Å². The molecule has 0 saturated carbocycles. The Labute approximate surface area is 197 Å². The maximum atomic E-state index is 13.8. The topological polar surface area (TPSA) is 98.8 Å². The van der Waals surface area contributed by atoms with E-state index < -0.39 is 11.7 Å². The normalized spacial score (nSPS) is 10.9. The molecule has 0 atom stereocenters. The van der Waals surface area contributed by atoms with Gasteiger partial charge in [-0.3, -0.25) is 4.79 Å². The van der Waals surface area contributed by atoms with Crippen molar-refractivity contribution in [3.05, 3.63) is 80.3 Å². The van der Waals surface area contributed by atoms with E-state index in [2.05, 4.69) is 15.5 Å². The molecular weight excluding hydrogens is 482 g/mol. The molecule has 0 saturated heterocycles. The predicted molar refractivity (Wildman–Crippen MR) is 122 cm³/mol.